The van der Waals surface area contributed by atoms with Crippen LogP contribution in [0.25, 0.3) is 0 Å². The minimum atomic E-state index is -1.63. The Balaban J connectivity index is 1.28. The molecule has 2 atom stereocenters. The van der Waals surface area contributed by atoms with Crippen LogP contribution in [-0.4, -0.2) is 47.3 Å². The number of hydrogen-bond donors (Lipinski definition) is 4. The molecule has 0 fully saturated rings. The van der Waals surface area contributed by atoms with Crippen molar-refractivity contribution in [1.29, 1.82) is 0 Å². The van der Waals surface area contributed by atoms with E-state index >= 15 is 0 Å². The first kappa shape index (κ1) is 49.8. The van der Waals surface area contributed by atoms with Crippen LogP contribution in [0.5, 0.6) is 0 Å². The molecule has 0 aliphatic carbocycles. The Bertz CT molecular complexity index is 2800. The van der Waals surface area contributed by atoms with Crippen molar-refractivity contribution in [3.05, 3.63) is 135 Å². The predicted octanol–water partition coefficient (Wildman–Crippen LogP) is 13.4. The Morgan fingerprint density at radius 1 is 0.500 bits per heavy atom. The number of benzene rings is 5. The minimum absolute atomic E-state index is 0.0229. The van der Waals surface area contributed by atoms with E-state index in [0.717, 1.165) is 13.8 Å². The van der Waals surface area contributed by atoms with Crippen LogP contribution in [0.15, 0.2) is 93.3 Å². The molecule has 0 spiro atoms. The summed E-state index contributed by atoms with van der Waals surface area (Å²) in [6.07, 6.45) is 0. The van der Waals surface area contributed by atoms with Crippen molar-refractivity contribution in [2.45, 2.75) is 39.8 Å². The van der Waals surface area contributed by atoms with Gasteiger partial charge in [0, 0.05) is 21.4 Å². The largest absolute Gasteiger partial charge is 0.324 e. The first-order chi connectivity index (χ1) is 30.2. The number of nitrogens with zero attached hydrogens (tertiary/aromatic N) is 4. The van der Waals surface area contributed by atoms with E-state index in [9.17, 15) is 28.8 Å². The number of carbonyl (C=O) groups excluding carboxylic acids is 6. The first-order valence-electron chi connectivity index (χ1n) is 18.2. The number of anilines is 4. The number of halogens is 8. The minimum Gasteiger partial charge on any atom is -0.324 e. The van der Waals surface area contributed by atoms with Crippen LogP contribution in [0.4, 0.5) is 34.1 Å². The summed E-state index contributed by atoms with van der Waals surface area (Å²) in [7, 11) is 0. The summed E-state index contributed by atoms with van der Waals surface area (Å²) in [5, 5.41) is 26.9. The zero-order valence-electron chi connectivity index (χ0n) is 33.3. The average Bonchev–Trinajstić information content (AvgIpc) is 3.20. The number of nitrogens with one attached hydrogen (secondary N) is 4. The molecule has 5 aromatic rings. The highest BCUT2D eigenvalue weighted by Crippen LogP contribution is 2.37. The van der Waals surface area contributed by atoms with Crippen molar-refractivity contribution in [1.82, 2.24) is 0 Å². The fraction of sp³-hybridized carbons (Fsp3) is 0.143. The van der Waals surface area contributed by atoms with E-state index in [2.05, 4.69) is 41.7 Å². The Kier molecular flexibility index (Phi) is 16.9. The predicted molar refractivity (Wildman–Crippen MR) is 253 cm³/mol. The molecule has 0 saturated heterocycles. The summed E-state index contributed by atoms with van der Waals surface area (Å²) < 4.78 is 0. The van der Waals surface area contributed by atoms with Crippen molar-refractivity contribution in [3.8, 4) is 0 Å². The maximum Gasteiger partial charge on any atom is 0.258 e. The summed E-state index contributed by atoms with van der Waals surface area (Å²) in [5.41, 5.74) is 1.59. The van der Waals surface area contributed by atoms with E-state index in [4.69, 9.17) is 92.8 Å². The van der Waals surface area contributed by atoms with Gasteiger partial charge in [-0.15, -0.1) is 0 Å². The summed E-state index contributed by atoms with van der Waals surface area (Å²) in [6.45, 7) is 5.55. The molecule has 330 valence electrons. The van der Waals surface area contributed by atoms with Gasteiger partial charge in [0.25, 0.3) is 23.6 Å². The fourth-order valence-electron chi connectivity index (χ4n) is 5.73. The van der Waals surface area contributed by atoms with E-state index in [1.54, 1.807) is 13.8 Å². The van der Waals surface area contributed by atoms with Gasteiger partial charge in [-0.05, 0) is 99.5 Å². The molecular weight excluding hydrogens is 996 g/mol. The van der Waals surface area contributed by atoms with Crippen LogP contribution < -0.4 is 21.3 Å². The van der Waals surface area contributed by atoms with Crippen LogP contribution >= 0.6 is 92.8 Å². The summed E-state index contributed by atoms with van der Waals surface area (Å²) in [4.78, 5) is 78.3. The van der Waals surface area contributed by atoms with Crippen molar-refractivity contribution in [3.63, 3.8) is 0 Å². The van der Waals surface area contributed by atoms with Gasteiger partial charge < -0.3 is 21.3 Å². The molecule has 0 radical (unpaired) electrons. The monoisotopic (exact) mass is 1020 g/mol. The van der Waals surface area contributed by atoms with E-state index in [0.29, 0.717) is 16.8 Å². The normalized spacial score (nSPS) is 12.2. The van der Waals surface area contributed by atoms with Gasteiger partial charge in [0.05, 0.1) is 52.6 Å². The molecule has 5 rings (SSSR count). The first-order valence-corrected chi connectivity index (χ1v) is 21.2. The summed E-state index contributed by atoms with van der Waals surface area (Å²) in [6, 6.07) is 14.0. The third-order valence-electron chi connectivity index (χ3n) is 8.81. The number of carbonyl (C=O) groups is 6. The second kappa shape index (κ2) is 21.7. The molecule has 2 unspecified atom stereocenters. The molecule has 0 aliphatic heterocycles. The maximum atomic E-state index is 13.5. The van der Waals surface area contributed by atoms with Gasteiger partial charge >= 0.3 is 0 Å². The highest BCUT2D eigenvalue weighted by Gasteiger charge is 2.27. The number of hydrogen-bond acceptors (Lipinski definition) is 10. The molecule has 0 aliphatic rings. The van der Waals surface area contributed by atoms with Gasteiger partial charge in [-0.3, -0.25) is 28.8 Å². The second-order valence-corrected chi connectivity index (χ2v) is 16.8. The smallest absolute Gasteiger partial charge is 0.258 e. The molecule has 4 amide bonds. The van der Waals surface area contributed by atoms with Crippen LogP contribution in [0, 0.1) is 13.8 Å². The third-order valence-corrected chi connectivity index (χ3v) is 11.6. The standard InChI is InChI=1S/C42H30Cl8N8O6/c1-17-11-23(51-41(63)37(19(3)59)57-55-28-9-5-7-24(32(28)47)39(61)52-30-15-21(43)13-26(45)34(30)49)12-18(2)36(17)54-42(64)38(20(4)60)58-56-29-10-6-8-25(33(29)48)40(62)53-31-16-22(44)14-27(46)35(31)50/h5-16,37-38H,1-4H3,(H,51,63)(H,52,61)(H,53,62)(H,54,64). The number of rotatable bonds is 14. The number of ketones is 2. The molecule has 22 heteroatoms. The molecule has 0 heterocycles. The Hall–Kier alpha value is -5.16. The maximum absolute atomic E-state index is 13.5. The molecular formula is C42H30Cl8N8O6. The van der Waals surface area contributed by atoms with Gasteiger partial charge in [-0.2, -0.15) is 20.5 Å². The zero-order chi connectivity index (χ0) is 47.2. The van der Waals surface area contributed by atoms with Gasteiger partial charge in [-0.1, -0.05) is 105 Å². The van der Waals surface area contributed by atoms with Gasteiger partial charge in [-0.25, -0.2) is 0 Å². The van der Waals surface area contributed by atoms with E-state index < -0.39 is 47.3 Å². The van der Waals surface area contributed by atoms with Crippen molar-refractivity contribution < 1.29 is 28.8 Å². The highest BCUT2D eigenvalue weighted by molar-refractivity contribution is 6.46. The number of aryl methyl sites for hydroxylation is 2. The topological polar surface area (TPSA) is 200 Å². The van der Waals surface area contributed by atoms with Crippen LogP contribution in [0.3, 0.4) is 0 Å². The van der Waals surface area contributed by atoms with Gasteiger partial charge in [0.1, 0.15) is 11.4 Å². The molecule has 0 aromatic heterocycles. The summed E-state index contributed by atoms with van der Waals surface area (Å²) in [5.74, 6) is -4.38. The van der Waals surface area contributed by atoms with Crippen molar-refractivity contribution >= 4 is 162 Å². The zero-order valence-corrected chi connectivity index (χ0v) is 39.4. The summed E-state index contributed by atoms with van der Waals surface area (Å²) >= 11 is 49.6. The molecule has 0 bridgehead atoms. The van der Waals surface area contributed by atoms with Crippen LogP contribution in [0.2, 0.25) is 40.2 Å². The van der Waals surface area contributed by atoms with Crippen LogP contribution in [0.1, 0.15) is 45.7 Å². The van der Waals surface area contributed by atoms with E-state index in [1.165, 1.54) is 72.8 Å². The molecule has 4 N–H and O–H groups in total. The van der Waals surface area contributed by atoms with Gasteiger partial charge in [0.15, 0.2) is 11.6 Å². The third kappa shape index (κ3) is 12.1. The Morgan fingerprint density at radius 2 is 0.891 bits per heavy atom. The van der Waals surface area contributed by atoms with E-state index in [-0.39, 0.29) is 79.7 Å². The molecule has 64 heavy (non-hydrogen) atoms. The van der Waals surface area contributed by atoms with Gasteiger partial charge in [0.2, 0.25) is 12.1 Å². The lowest BCUT2D eigenvalue weighted by Gasteiger charge is -2.17. The van der Waals surface area contributed by atoms with E-state index in [1.807, 2.05) is 0 Å². The number of azo groups is 2. The highest BCUT2D eigenvalue weighted by atomic mass is 35.5. The fourth-order valence-corrected chi connectivity index (χ4v) is 7.53. The lowest BCUT2D eigenvalue weighted by atomic mass is 10.1. The lowest BCUT2D eigenvalue weighted by molar-refractivity contribution is -0.127. The van der Waals surface area contributed by atoms with Crippen LogP contribution in [-0.2, 0) is 19.2 Å². The average molecular weight is 1030 g/mol. The number of Topliss-reactive ketones (excluding diaryl/α,β-unsaturated/α-hetero) is 2. The SMILES string of the molecule is CC(=O)C(N=Nc1cccc(C(=O)Nc2cc(Cl)cc(Cl)c2Cl)c1Cl)C(=O)Nc1cc(C)c(NC(=O)C(N=Nc2cccc(C(=O)Nc3cc(Cl)cc(Cl)c3Cl)c2Cl)C(C)=O)c(C)c1. The quantitative estimate of drug-likeness (QED) is 0.0484. The molecule has 5 aromatic carbocycles. The molecule has 14 nitrogen and oxygen atoms in total. The van der Waals surface area contributed by atoms with Crippen molar-refractivity contribution in [2.75, 3.05) is 21.3 Å². The second-order valence-electron chi connectivity index (χ2n) is 13.6. The number of amides is 4. The molecule has 0 saturated carbocycles. The Labute approximate surface area is 405 Å². The lowest BCUT2D eigenvalue weighted by Crippen LogP contribution is -2.33. The van der Waals surface area contributed by atoms with Crippen molar-refractivity contribution in [2.24, 2.45) is 20.5 Å². The Morgan fingerprint density at radius 3 is 1.28 bits per heavy atom.